The monoisotopic (exact) mass is 516 g/mol. The van der Waals surface area contributed by atoms with Crippen LogP contribution in [0.3, 0.4) is 0 Å². The fraction of sp³-hybridized carbons (Fsp3) is 0.773. The Labute approximate surface area is 205 Å². The summed E-state index contributed by atoms with van der Waals surface area (Å²) in [6, 6.07) is -1.24. The van der Waals surface area contributed by atoms with E-state index >= 15 is 0 Å². The van der Waals surface area contributed by atoms with Crippen LogP contribution in [0, 0.1) is 11.8 Å². The smallest absolute Gasteiger partial charge is 0.407 e. The van der Waals surface area contributed by atoms with Crippen molar-refractivity contribution in [3.63, 3.8) is 0 Å². The molecule has 1 aromatic heterocycles. The molecular formula is C22H36N4O6S2. The topological polar surface area (TPSA) is 147 Å². The first-order valence-electron chi connectivity index (χ1n) is 12.0. The molecule has 10 nitrogen and oxygen atoms in total. The third-order valence-corrected chi connectivity index (χ3v) is 8.41. The van der Waals surface area contributed by atoms with Gasteiger partial charge >= 0.3 is 16.4 Å². The number of nitrogens with one attached hydrogen (secondary N) is 3. The van der Waals surface area contributed by atoms with Gasteiger partial charge in [0.1, 0.15) is 11.0 Å². The summed E-state index contributed by atoms with van der Waals surface area (Å²) in [7, 11) is -2.92. The van der Waals surface area contributed by atoms with Crippen LogP contribution in [0.15, 0.2) is 11.6 Å². The maximum atomic E-state index is 13.3. The zero-order valence-corrected chi connectivity index (χ0v) is 21.2. The maximum Gasteiger partial charge on any atom is 0.407 e. The van der Waals surface area contributed by atoms with Crippen molar-refractivity contribution in [1.29, 1.82) is 0 Å². The van der Waals surface area contributed by atoms with E-state index in [1.165, 1.54) is 24.9 Å². The second kappa shape index (κ2) is 12.8. The van der Waals surface area contributed by atoms with Crippen LogP contribution in [0.25, 0.3) is 0 Å². The van der Waals surface area contributed by atoms with Gasteiger partial charge in [0.25, 0.3) is 0 Å². The molecule has 2 saturated carbocycles. The number of carbonyl (C=O) groups excluding carboxylic acids is 2. The second-order valence-electron chi connectivity index (χ2n) is 9.41. The standard InChI is InChI=1S/C22H36N4O6S2/c1-32-22(28)25-18(13-15-5-3-2-4-6-15)20(27)24-19(21-23-11-12-33-21)14-16-7-9-17(10-8-16)26-34(29,30)31/h11-12,15-19,26H,2-10,13-14H2,1H3,(H,24,27)(H,25,28)(H,29,30,31). The van der Waals surface area contributed by atoms with Crippen molar-refractivity contribution >= 4 is 33.6 Å². The predicted octanol–water partition coefficient (Wildman–Crippen LogP) is 3.34. The summed E-state index contributed by atoms with van der Waals surface area (Å²) in [5.41, 5.74) is 0. The lowest BCUT2D eigenvalue weighted by atomic mass is 9.82. The zero-order chi connectivity index (χ0) is 24.6. The Morgan fingerprint density at radius 3 is 2.35 bits per heavy atom. The quantitative estimate of drug-likeness (QED) is 0.349. The van der Waals surface area contributed by atoms with E-state index < -0.39 is 22.4 Å². The third-order valence-electron chi connectivity index (χ3n) is 6.89. The molecule has 0 spiro atoms. The number of rotatable bonds is 10. The number of amides is 2. The van der Waals surface area contributed by atoms with Crippen molar-refractivity contribution in [1.82, 2.24) is 20.3 Å². The summed E-state index contributed by atoms with van der Waals surface area (Å²) in [6.07, 6.45) is 10.8. The summed E-state index contributed by atoms with van der Waals surface area (Å²) in [5, 5.41) is 8.51. The fourth-order valence-corrected chi connectivity index (χ4v) is 6.51. The number of hydrogen-bond donors (Lipinski definition) is 4. The van der Waals surface area contributed by atoms with Gasteiger partial charge in [0, 0.05) is 17.6 Å². The molecule has 0 aromatic carbocycles. The van der Waals surface area contributed by atoms with Gasteiger partial charge in [-0.15, -0.1) is 11.3 Å². The first-order chi connectivity index (χ1) is 16.2. The minimum atomic E-state index is -4.21. The van der Waals surface area contributed by atoms with E-state index in [9.17, 15) is 18.0 Å². The second-order valence-corrected chi connectivity index (χ2v) is 11.5. The van der Waals surface area contributed by atoms with Crippen LogP contribution in [-0.2, 0) is 19.8 Å². The van der Waals surface area contributed by atoms with E-state index in [4.69, 9.17) is 9.29 Å². The van der Waals surface area contributed by atoms with Crippen LogP contribution in [0.1, 0.15) is 81.7 Å². The lowest BCUT2D eigenvalue weighted by molar-refractivity contribution is -0.124. The molecule has 1 aromatic rings. The van der Waals surface area contributed by atoms with Crippen molar-refractivity contribution in [2.24, 2.45) is 11.8 Å². The molecule has 3 rings (SSSR count). The number of methoxy groups -OCH3 is 1. The van der Waals surface area contributed by atoms with Crippen molar-refractivity contribution in [2.45, 2.75) is 88.8 Å². The Kier molecular flexibility index (Phi) is 10.1. The number of carbonyl (C=O) groups is 2. The molecule has 1 heterocycles. The van der Waals surface area contributed by atoms with Gasteiger partial charge < -0.3 is 15.4 Å². The molecule has 0 saturated heterocycles. The van der Waals surface area contributed by atoms with Gasteiger partial charge in [-0.1, -0.05) is 32.1 Å². The molecule has 2 aliphatic rings. The van der Waals surface area contributed by atoms with E-state index in [-0.39, 0.29) is 23.9 Å². The van der Waals surface area contributed by atoms with Crippen molar-refractivity contribution in [3.05, 3.63) is 16.6 Å². The third kappa shape index (κ3) is 8.79. The Hall–Kier alpha value is -1.76. The molecule has 0 aliphatic heterocycles. The average molecular weight is 517 g/mol. The molecule has 0 bridgehead atoms. The molecule has 2 aliphatic carbocycles. The molecule has 2 unspecified atom stereocenters. The van der Waals surface area contributed by atoms with Crippen LogP contribution in [0.5, 0.6) is 0 Å². The lowest BCUT2D eigenvalue weighted by Gasteiger charge is -2.31. The minimum Gasteiger partial charge on any atom is -0.453 e. The van der Waals surface area contributed by atoms with Crippen molar-refractivity contribution in [2.75, 3.05) is 7.11 Å². The molecule has 2 atom stereocenters. The Morgan fingerprint density at radius 2 is 1.76 bits per heavy atom. The van der Waals surface area contributed by atoms with Gasteiger partial charge in [-0.05, 0) is 50.4 Å². The van der Waals surface area contributed by atoms with Gasteiger partial charge in [0.15, 0.2) is 0 Å². The minimum absolute atomic E-state index is 0.238. The van der Waals surface area contributed by atoms with E-state index in [1.807, 2.05) is 5.38 Å². The van der Waals surface area contributed by atoms with E-state index in [1.54, 1.807) is 6.20 Å². The number of thiazole rings is 1. The van der Waals surface area contributed by atoms with Gasteiger partial charge in [-0.2, -0.15) is 13.1 Å². The Bertz CT molecular complexity index is 881. The van der Waals surface area contributed by atoms with Crippen molar-refractivity contribution in [3.8, 4) is 0 Å². The number of hydrogen-bond acceptors (Lipinski definition) is 7. The molecule has 192 valence electrons. The molecule has 34 heavy (non-hydrogen) atoms. The van der Waals surface area contributed by atoms with Gasteiger partial charge in [-0.3, -0.25) is 9.35 Å². The summed E-state index contributed by atoms with van der Waals surface area (Å²) in [6.45, 7) is 0. The number of aromatic nitrogens is 1. The van der Waals surface area contributed by atoms with Crippen LogP contribution in [-0.4, -0.2) is 49.1 Å². The highest BCUT2D eigenvalue weighted by Crippen LogP contribution is 2.33. The van der Waals surface area contributed by atoms with E-state index in [0.29, 0.717) is 31.6 Å². The maximum absolute atomic E-state index is 13.3. The molecule has 2 amide bonds. The summed E-state index contributed by atoms with van der Waals surface area (Å²) >= 11 is 1.47. The first kappa shape index (κ1) is 26.8. The summed E-state index contributed by atoms with van der Waals surface area (Å²) < 4.78 is 38.2. The van der Waals surface area contributed by atoms with Crippen molar-refractivity contribution < 1.29 is 27.3 Å². The van der Waals surface area contributed by atoms with Gasteiger partial charge in [0.05, 0.1) is 13.2 Å². The first-order valence-corrected chi connectivity index (χ1v) is 14.3. The van der Waals surface area contributed by atoms with E-state index in [2.05, 4.69) is 20.3 Å². The largest absolute Gasteiger partial charge is 0.453 e. The molecule has 12 heteroatoms. The normalized spacial score (nSPS) is 23.6. The summed E-state index contributed by atoms with van der Waals surface area (Å²) in [5.74, 6) is 0.433. The Morgan fingerprint density at radius 1 is 1.09 bits per heavy atom. The van der Waals surface area contributed by atoms with Crippen LogP contribution in [0.4, 0.5) is 4.79 Å². The van der Waals surface area contributed by atoms with E-state index in [0.717, 1.165) is 43.5 Å². The highest BCUT2D eigenvalue weighted by Gasteiger charge is 2.31. The van der Waals surface area contributed by atoms with Crippen LogP contribution in [0.2, 0.25) is 0 Å². The highest BCUT2D eigenvalue weighted by molar-refractivity contribution is 7.83. The lowest BCUT2D eigenvalue weighted by Crippen LogP contribution is -2.49. The number of nitrogens with zero attached hydrogens (tertiary/aromatic N) is 1. The molecule has 0 radical (unpaired) electrons. The molecule has 2 fully saturated rings. The van der Waals surface area contributed by atoms with Gasteiger partial charge in [0.2, 0.25) is 5.91 Å². The predicted molar refractivity (Wildman–Crippen MR) is 129 cm³/mol. The number of ether oxygens (including phenoxy) is 1. The summed E-state index contributed by atoms with van der Waals surface area (Å²) in [4.78, 5) is 29.7. The fourth-order valence-electron chi connectivity index (χ4n) is 5.15. The highest BCUT2D eigenvalue weighted by atomic mass is 32.2. The van der Waals surface area contributed by atoms with Gasteiger partial charge in [-0.25, -0.2) is 9.78 Å². The Balaban J connectivity index is 1.63. The molecule has 4 N–H and O–H groups in total. The number of alkyl carbamates (subject to hydrolysis) is 1. The average Bonchev–Trinajstić information content (AvgIpc) is 3.34. The SMILES string of the molecule is COC(=O)NC(CC1CCCCC1)C(=O)NC(CC1CCC(NS(=O)(=O)O)CC1)c1nccs1. The molecular weight excluding hydrogens is 480 g/mol. The van der Waals surface area contributed by atoms with Crippen LogP contribution >= 0.6 is 11.3 Å². The zero-order valence-electron chi connectivity index (χ0n) is 19.6. The van der Waals surface area contributed by atoms with Crippen LogP contribution < -0.4 is 15.4 Å².